The summed E-state index contributed by atoms with van der Waals surface area (Å²) < 4.78 is 7.28. The maximum Gasteiger partial charge on any atom is 0.227 e. The fourth-order valence-electron chi connectivity index (χ4n) is 1.56. The van der Waals surface area contributed by atoms with E-state index in [-0.39, 0.29) is 0 Å². The standard InChI is InChI=1S/C10H14N4O/c1-4-14-6-5-7-8(14)12-10(11-2)13-9(7)15-3/h5-6H,4H2,1-3H3,(H,11,12,13). The van der Waals surface area contributed by atoms with Gasteiger partial charge in [-0.15, -0.1) is 0 Å². The quantitative estimate of drug-likeness (QED) is 0.826. The van der Waals surface area contributed by atoms with Gasteiger partial charge < -0.3 is 14.6 Å². The molecule has 0 fully saturated rings. The van der Waals surface area contributed by atoms with Gasteiger partial charge in [0.05, 0.1) is 12.5 Å². The van der Waals surface area contributed by atoms with Crippen LogP contribution >= 0.6 is 0 Å². The Morgan fingerprint density at radius 1 is 1.47 bits per heavy atom. The SMILES string of the molecule is CCn1ccc2c(OC)nc(NC)nc21. The molecule has 0 saturated carbocycles. The summed E-state index contributed by atoms with van der Waals surface area (Å²) in [5, 5.41) is 3.86. The summed E-state index contributed by atoms with van der Waals surface area (Å²) in [4.78, 5) is 8.62. The van der Waals surface area contributed by atoms with Crippen LogP contribution < -0.4 is 10.1 Å². The van der Waals surface area contributed by atoms with E-state index in [1.807, 2.05) is 12.3 Å². The average Bonchev–Trinajstić information content (AvgIpc) is 2.70. The number of fused-ring (bicyclic) bond motifs is 1. The summed E-state index contributed by atoms with van der Waals surface area (Å²) >= 11 is 0. The van der Waals surface area contributed by atoms with Crippen molar-refractivity contribution in [1.82, 2.24) is 14.5 Å². The number of nitrogens with zero attached hydrogens (tertiary/aromatic N) is 3. The number of nitrogens with one attached hydrogen (secondary N) is 1. The van der Waals surface area contributed by atoms with Gasteiger partial charge in [0.15, 0.2) is 0 Å². The Labute approximate surface area is 88.1 Å². The van der Waals surface area contributed by atoms with Gasteiger partial charge in [0.2, 0.25) is 11.8 Å². The van der Waals surface area contributed by atoms with E-state index in [1.165, 1.54) is 0 Å². The van der Waals surface area contributed by atoms with E-state index >= 15 is 0 Å². The van der Waals surface area contributed by atoms with Gasteiger partial charge in [-0.3, -0.25) is 0 Å². The topological polar surface area (TPSA) is 52.0 Å². The van der Waals surface area contributed by atoms with Crippen LogP contribution in [0.1, 0.15) is 6.92 Å². The summed E-state index contributed by atoms with van der Waals surface area (Å²) in [7, 11) is 3.41. The van der Waals surface area contributed by atoms with E-state index < -0.39 is 0 Å². The highest BCUT2D eigenvalue weighted by Crippen LogP contribution is 2.24. The molecule has 2 heterocycles. The number of rotatable bonds is 3. The number of ether oxygens (including phenoxy) is 1. The number of aromatic nitrogens is 3. The molecule has 0 bridgehead atoms. The molecule has 0 aliphatic rings. The second-order valence-electron chi connectivity index (χ2n) is 3.15. The Balaban J connectivity index is 2.71. The van der Waals surface area contributed by atoms with Gasteiger partial charge in [-0.2, -0.15) is 9.97 Å². The maximum atomic E-state index is 5.22. The first-order valence-electron chi connectivity index (χ1n) is 4.88. The molecule has 0 aliphatic carbocycles. The Kier molecular flexibility index (Phi) is 2.45. The zero-order chi connectivity index (χ0) is 10.8. The fraction of sp³-hybridized carbons (Fsp3) is 0.400. The lowest BCUT2D eigenvalue weighted by Gasteiger charge is -2.05. The van der Waals surface area contributed by atoms with E-state index in [0.717, 1.165) is 17.6 Å². The smallest absolute Gasteiger partial charge is 0.227 e. The van der Waals surface area contributed by atoms with Crippen molar-refractivity contribution in [1.29, 1.82) is 0 Å². The number of aryl methyl sites for hydroxylation is 1. The average molecular weight is 206 g/mol. The molecule has 0 unspecified atom stereocenters. The lowest BCUT2D eigenvalue weighted by atomic mass is 10.4. The van der Waals surface area contributed by atoms with Crippen molar-refractivity contribution < 1.29 is 4.74 Å². The largest absolute Gasteiger partial charge is 0.480 e. The first kappa shape index (κ1) is 9.76. The highest BCUT2D eigenvalue weighted by Gasteiger charge is 2.10. The third-order valence-corrected chi connectivity index (χ3v) is 2.34. The van der Waals surface area contributed by atoms with Gasteiger partial charge in [0.1, 0.15) is 5.65 Å². The van der Waals surface area contributed by atoms with Crippen LogP contribution in [-0.2, 0) is 6.54 Å². The first-order chi connectivity index (χ1) is 7.30. The minimum absolute atomic E-state index is 0.577. The molecule has 5 nitrogen and oxygen atoms in total. The molecule has 0 aliphatic heterocycles. The van der Waals surface area contributed by atoms with Crippen molar-refractivity contribution in [3.8, 4) is 5.88 Å². The molecule has 0 aromatic carbocycles. The first-order valence-corrected chi connectivity index (χ1v) is 4.88. The molecule has 2 aromatic heterocycles. The number of hydrogen-bond donors (Lipinski definition) is 1. The van der Waals surface area contributed by atoms with Gasteiger partial charge >= 0.3 is 0 Å². The zero-order valence-corrected chi connectivity index (χ0v) is 9.11. The Morgan fingerprint density at radius 2 is 2.27 bits per heavy atom. The third kappa shape index (κ3) is 1.49. The van der Waals surface area contributed by atoms with Crippen molar-refractivity contribution in [3.63, 3.8) is 0 Å². The predicted octanol–water partition coefficient (Wildman–Crippen LogP) is 1.50. The summed E-state index contributed by atoms with van der Waals surface area (Å²) in [5.74, 6) is 1.18. The van der Waals surface area contributed by atoms with Crippen LogP contribution in [0.5, 0.6) is 5.88 Å². The lowest BCUT2D eigenvalue weighted by Crippen LogP contribution is -2.01. The summed E-state index contributed by atoms with van der Waals surface area (Å²) in [6, 6.07) is 1.97. The van der Waals surface area contributed by atoms with Crippen molar-refractivity contribution in [3.05, 3.63) is 12.3 Å². The normalized spacial score (nSPS) is 10.6. The summed E-state index contributed by atoms with van der Waals surface area (Å²) in [5.41, 5.74) is 0.897. The van der Waals surface area contributed by atoms with Gasteiger partial charge in [0, 0.05) is 19.8 Å². The van der Waals surface area contributed by atoms with Gasteiger partial charge in [0.25, 0.3) is 0 Å². The summed E-state index contributed by atoms with van der Waals surface area (Å²) in [6.07, 6.45) is 1.99. The third-order valence-electron chi connectivity index (χ3n) is 2.34. The predicted molar refractivity (Wildman–Crippen MR) is 59.3 cm³/mol. The molecule has 0 spiro atoms. The minimum atomic E-state index is 0.577. The monoisotopic (exact) mass is 206 g/mol. The molecule has 1 N–H and O–H groups in total. The van der Waals surface area contributed by atoms with E-state index in [9.17, 15) is 0 Å². The van der Waals surface area contributed by atoms with Gasteiger partial charge in [-0.05, 0) is 13.0 Å². The highest BCUT2D eigenvalue weighted by molar-refractivity contribution is 5.82. The summed E-state index contributed by atoms with van der Waals surface area (Å²) in [6.45, 7) is 2.96. The van der Waals surface area contributed by atoms with Crippen LogP contribution in [0.2, 0.25) is 0 Å². The van der Waals surface area contributed by atoms with Gasteiger partial charge in [-0.1, -0.05) is 0 Å². The second kappa shape index (κ2) is 3.76. The number of hydrogen-bond acceptors (Lipinski definition) is 4. The molecule has 15 heavy (non-hydrogen) atoms. The molecular formula is C10H14N4O. The van der Waals surface area contributed by atoms with E-state index in [2.05, 4.69) is 26.8 Å². The van der Waals surface area contributed by atoms with Crippen LogP contribution in [0, 0.1) is 0 Å². The molecule has 2 aromatic rings. The van der Waals surface area contributed by atoms with Crippen molar-refractivity contribution in [2.45, 2.75) is 13.5 Å². The van der Waals surface area contributed by atoms with E-state index in [4.69, 9.17) is 4.74 Å². The molecule has 0 saturated heterocycles. The van der Waals surface area contributed by atoms with Crippen molar-refractivity contribution >= 4 is 17.0 Å². The van der Waals surface area contributed by atoms with Crippen LogP contribution in [0.25, 0.3) is 11.0 Å². The molecule has 0 radical (unpaired) electrons. The zero-order valence-electron chi connectivity index (χ0n) is 9.11. The minimum Gasteiger partial charge on any atom is -0.480 e. The Morgan fingerprint density at radius 3 is 2.87 bits per heavy atom. The molecule has 0 atom stereocenters. The van der Waals surface area contributed by atoms with Crippen molar-refractivity contribution in [2.24, 2.45) is 0 Å². The molecule has 2 rings (SSSR count). The van der Waals surface area contributed by atoms with Crippen LogP contribution in [-0.4, -0.2) is 28.7 Å². The molecule has 80 valence electrons. The second-order valence-corrected chi connectivity index (χ2v) is 3.15. The van der Waals surface area contributed by atoms with E-state index in [0.29, 0.717) is 11.8 Å². The van der Waals surface area contributed by atoms with Crippen molar-refractivity contribution in [2.75, 3.05) is 19.5 Å². The maximum absolute atomic E-state index is 5.22. The Hall–Kier alpha value is -1.78. The van der Waals surface area contributed by atoms with E-state index in [1.54, 1.807) is 14.2 Å². The molecular weight excluding hydrogens is 192 g/mol. The lowest BCUT2D eigenvalue weighted by molar-refractivity contribution is 0.403. The number of methoxy groups -OCH3 is 1. The highest BCUT2D eigenvalue weighted by atomic mass is 16.5. The van der Waals surface area contributed by atoms with Crippen LogP contribution in [0.4, 0.5) is 5.95 Å². The molecule has 0 amide bonds. The van der Waals surface area contributed by atoms with Gasteiger partial charge in [-0.25, -0.2) is 0 Å². The Bertz CT molecular complexity index is 477. The van der Waals surface area contributed by atoms with Crippen LogP contribution in [0.3, 0.4) is 0 Å². The fourth-order valence-corrected chi connectivity index (χ4v) is 1.56. The number of anilines is 1. The van der Waals surface area contributed by atoms with Crippen LogP contribution in [0.15, 0.2) is 12.3 Å². The molecule has 5 heteroatoms.